The largest absolute Gasteiger partial charge is 0.497 e. The molecule has 0 spiro atoms. The van der Waals surface area contributed by atoms with E-state index in [9.17, 15) is 14.7 Å². The van der Waals surface area contributed by atoms with E-state index in [2.05, 4.69) is 0 Å². The van der Waals surface area contributed by atoms with Crippen LogP contribution in [0.1, 0.15) is 27.4 Å². The number of carboxylic acid groups (broad SMARTS) is 2. The summed E-state index contributed by atoms with van der Waals surface area (Å²) in [5.41, 5.74) is 1.63. The zero-order valence-electron chi connectivity index (χ0n) is 12.0. The molecule has 0 aromatic heterocycles. The average Bonchev–Trinajstić information content (AvgIpc) is 2.53. The highest BCUT2D eigenvalue weighted by molar-refractivity contribution is 5.87. The molecule has 114 valence electrons. The van der Waals surface area contributed by atoms with E-state index in [4.69, 9.17) is 9.84 Å². The molecular formula is C17H16O5. The number of hydrogen-bond acceptors (Lipinski definition) is 3. The summed E-state index contributed by atoms with van der Waals surface area (Å²) in [6, 6.07) is 13.1. The van der Waals surface area contributed by atoms with Crippen LogP contribution in [0, 0.1) is 0 Å². The van der Waals surface area contributed by atoms with Gasteiger partial charge in [0.1, 0.15) is 5.75 Å². The summed E-state index contributed by atoms with van der Waals surface area (Å²) in [5, 5.41) is 18.3. The lowest BCUT2D eigenvalue weighted by atomic mass is 9.91. The molecule has 0 heterocycles. The number of carbonyl (C=O) groups is 2. The van der Waals surface area contributed by atoms with E-state index in [1.54, 1.807) is 43.5 Å². The fourth-order valence-corrected chi connectivity index (χ4v) is 2.20. The van der Waals surface area contributed by atoms with Crippen LogP contribution in [-0.4, -0.2) is 29.3 Å². The van der Waals surface area contributed by atoms with Crippen molar-refractivity contribution in [2.45, 2.75) is 12.3 Å². The van der Waals surface area contributed by atoms with Gasteiger partial charge in [-0.05, 0) is 41.8 Å². The monoisotopic (exact) mass is 300 g/mol. The molecule has 0 amide bonds. The van der Waals surface area contributed by atoms with Gasteiger partial charge in [-0.1, -0.05) is 24.3 Å². The molecule has 0 saturated carbocycles. The molecule has 5 nitrogen and oxygen atoms in total. The van der Waals surface area contributed by atoms with E-state index in [1.165, 1.54) is 12.1 Å². The Kier molecular flexibility index (Phi) is 4.78. The lowest BCUT2D eigenvalue weighted by molar-refractivity contribution is -0.138. The van der Waals surface area contributed by atoms with Crippen LogP contribution < -0.4 is 4.74 Å². The van der Waals surface area contributed by atoms with E-state index in [0.29, 0.717) is 17.7 Å². The van der Waals surface area contributed by atoms with Crippen molar-refractivity contribution in [2.24, 2.45) is 0 Å². The first-order valence-electron chi connectivity index (χ1n) is 6.70. The van der Waals surface area contributed by atoms with Gasteiger partial charge in [0.25, 0.3) is 0 Å². The number of ether oxygens (including phenoxy) is 1. The molecule has 0 saturated heterocycles. The van der Waals surface area contributed by atoms with Gasteiger partial charge in [-0.3, -0.25) is 4.79 Å². The standard InChI is InChI=1S/C17H16O5/c1-22-14-8-6-12(7-9-14)15(17(20)21)10-11-2-4-13(5-3-11)16(18)19/h2-9,15H,10H2,1H3,(H,18,19)(H,20,21). The molecule has 2 aromatic rings. The van der Waals surface area contributed by atoms with Crippen LogP contribution in [0.5, 0.6) is 5.75 Å². The zero-order valence-corrected chi connectivity index (χ0v) is 12.0. The number of methoxy groups -OCH3 is 1. The first-order valence-corrected chi connectivity index (χ1v) is 6.70. The number of aromatic carboxylic acids is 1. The Labute approximate surface area is 127 Å². The van der Waals surface area contributed by atoms with E-state index in [-0.39, 0.29) is 5.56 Å². The molecule has 2 N–H and O–H groups in total. The summed E-state index contributed by atoms with van der Waals surface area (Å²) in [6.07, 6.45) is 0.293. The quantitative estimate of drug-likeness (QED) is 0.857. The molecule has 0 aliphatic heterocycles. The molecule has 5 heteroatoms. The number of aliphatic carboxylic acids is 1. The fourth-order valence-electron chi connectivity index (χ4n) is 2.20. The molecule has 0 aliphatic rings. The summed E-state index contributed by atoms with van der Waals surface area (Å²) < 4.78 is 5.06. The lowest BCUT2D eigenvalue weighted by Crippen LogP contribution is -2.14. The molecule has 0 radical (unpaired) electrons. The maximum atomic E-state index is 11.5. The van der Waals surface area contributed by atoms with Gasteiger partial charge in [-0.25, -0.2) is 4.79 Å². The summed E-state index contributed by atoms with van der Waals surface area (Å²) in [7, 11) is 1.55. The molecule has 1 unspecified atom stereocenters. The van der Waals surface area contributed by atoms with E-state index >= 15 is 0 Å². The Bertz CT molecular complexity index is 658. The van der Waals surface area contributed by atoms with Gasteiger partial charge in [-0.2, -0.15) is 0 Å². The first-order chi connectivity index (χ1) is 10.5. The minimum Gasteiger partial charge on any atom is -0.497 e. The van der Waals surface area contributed by atoms with Gasteiger partial charge < -0.3 is 14.9 Å². The van der Waals surface area contributed by atoms with Gasteiger partial charge in [0, 0.05) is 0 Å². The lowest BCUT2D eigenvalue weighted by Gasteiger charge is -2.13. The zero-order chi connectivity index (χ0) is 16.1. The first kappa shape index (κ1) is 15.6. The molecule has 0 bridgehead atoms. The number of benzene rings is 2. The predicted octanol–water partition coefficient (Wildman–Crippen LogP) is 2.80. The van der Waals surface area contributed by atoms with E-state index < -0.39 is 17.9 Å². The maximum absolute atomic E-state index is 11.5. The van der Waals surface area contributed by atoms with Crippen LogP contribution in [0.3, 0.4) is 0 Å². The van der Waals surface area contributed by atoms with Crippen molar-refractivity contribution in [3.05, 3.63) is 65.2 Å². The Balaban J connectivity index is 2.21. The van der Waals surface area contributed by atoms with E-state index in [1.807, 2.05) is 0 Å². The molecule has 2 rings (SSSR count). The molecule has 1 atom stereocenters. The van der Waals surface area contributed by atoms with Gasteiger partial charge in [0.05, 0.1) is 18.6 Å². The van der Waals surface area contributed by atoms with Gasteiger partial charge >= 0.3 is 11.9 Å². The normalized spacial score (nSPS) is 11.7. The molecule has 22 heavy (non-hydrogen) atoms. The predicted molar refractivity (Wildman–Crippen MR) is 80.5 cm³/mol. The Hall–Kier alpha value is -2.82. The van der Waals surface area contributed by atoms with Crippen LogP contribution in [-0.2, 0) is 11.2 Å². The van der Waals surface area contributed by atoms with Gasteiger partial charge in [0.15, 0.2) is 0 Å². The summed E-state index contributed by atoms with van der Waals surface area (Å²) >= 11 is 0. The molecule has 2 aromatic carbocycles. The van der Waals surface area contributed by atoms with Crippen LogP contribution >= 0.6 is 0 Å². The molecule has 0 aliphatic carbocycles. The fraction of sp³-hybridized carbons (Fsp3) is 0.176. The second-order valence-corrected chi connectivity index (χ2v) is 4.87. The second-order valence-electron chi connectivity index (χ2n) is 4.87. The second kappa shape index (κ2) is 6.76. The summed E-state index contributed by atoms with van der Waals surface area (Å²) in [4.78, 5) is 22.3. The third-order valence-electron chi connectivity index (χ3n) is 3.46. The maximum Gasteiger partial charge on any atom is 0.335 e. The van der Waals surface area contributed by atoms with Crippen molar-refractivity contribution >= 4 is 11.9 Å². The smallest absolute Gasteiger partial charge is 0.335 e. The third-order valence-corrected chi connectivity index (χ3v) is 3.46. The summed E-state index contributed by atoms with van der Waals surface area (Å²) in [6.45, 7) is 0. The Morgan fingerprint density at radius 1 is 1.00 bits per heavy atom. The van der Waals surface area contributed by atoms with Crippen LogP contribution in [0.4, 0.5) is 0 Å². The van der Waals surface area contributed by atoms with Crippen molar-refractivity contribution in [2.75, 3.05) is 7.11 Å². The van der Waals surface area contributed by atoms with Gasteiger partial charge in [-0.15, -0.1) is 0 Å². The minimum absolute atomic E-state index is 0.181. The van der Waals surface area contributed by atoms with Crippen molar-refractivity contribution in [3.63, 3.8) is 0 Å². The van der Waals surface area contributed by atoms with Crippen molar-refractivity contribution in [1.29, 1.82) is 0 Å². The number of hydrogen-bond donors (Lipinski definition) is 2. The summed E-state index contributed by atoms with van der Waals surface area (Å²) in [5.74, 6) is -1.95. The Morgan fingerprint density at radius 2 is 1.59 bits per heavy atom. The number of carboxylic acids is 2. The van der Waals surface area contributed by atoms with Crippen LogP contribution in [0.25, 0.3) is 0 Å². The van der Waals surface area contributed by atoms with Crippen LogP contribution in [0.15, 0.2) is 48.5 Å². The highest BCUT2D eigenvalue weighted by Gasteiger charge is 2.20. The van der Waals surface area contributed by atoms with Gasteiger partial charge in [0.2, 0.25) is 0 Å². The van der Waals surface area contributed by atoms with E-state index in [0.717, 1.165) is 5.56 Å². The third kappa shape index (κ3) is 3.63. The number of rotatable bonds is 6. The van der Waals surface area contributed by atoms with Crippen LogP contribution in [0.2, 0.25) is 0 Å². The SMILES string of the molecule is COc1ccc(C(Cc2ccc(C(=O)O)cc2)C(=O)O)cc1. The van der Waals surface area contributed by atoms with Crippen molar-refractivity contribution in [3.8, 4) is 5.75 Å². The highest BCUT2D eigenvalue weighted by atomic mass is 16.5. The topological polar surface area (TPSA) is 83.8 Å². The Morgan fingerprint density at radius 3 is 2.05 bits per heavy atom. The average molecular weight is 300 g/mol. The van der Waals surface area contributed by atoms with Crippen molar-refractivity contribution < 1.29 is 24.5 Å². The molecular weight excluding hydrogens is 284 g/mol. The minimum atomic E-state index is -1.00. The van der Waals surface area contributed by atoms with Crippen molar-refractivity contribution in [1.82, 2.24) is 0 Å². The molecule has 0 fully saturated rings. The highest BCUT2D eigenvalue weighted by Crippen LogP contribution is 2.24.